The van der Waals surface area contributed by atoms with Crippen LogP contribution in [-0.2, 0) is 14.7 Å². The molecule has 2 heterocycles. The number of hydrogen-bond donors (Lipinski definition) is 0. The Morgan fingerprint density at radius 1 is 1.17 bits per heavy atom. The number of fused-ring (bicyclic) bond motifs is 1. The third-order valence-corrected chi connectivity index (χ3v) is 4.73. The van der Waals surface area contributed by atoms with Crippen molar-refractivity contribution in [2.24, 2.45) is 5.41 Å². The molecule has 1 aliphatic heterocycles. The van der Waals surface area contributed by atoms with E-state index in [4.69, 9.17) is 9.31 Å². The Kier molecular flexibility index (Phi) is 2.51. The Labute approximate surface area is 109 Å². The maximum atomic E-state index is 5.59. The highest BCUT2D eigenvalue weighted by atomic mass is 16.6. The third kappa shape index (κ3) is 1.52. The highest BCUT2D eigenvalue weighted by molar-refractivity contribution is 6.43. The Bertz CT molecular complexity index is 496. The number of nitrogens with zero attached hydrogens (tertiary/aromatic N) is 1. The fourth-order valence-electron chi connectivity index (χ4n) is 2.70. The lowest BCUT2D eigenvalue weighted by Crippen LogP contribution is -2.38. The molecule has 0 amide bonds. The predicted molar refractivity (Wildman–Crippen MR) is 73.3 cm³/mol. The molecule has 0 radical (unpaired) electrons. The lowest BCUT2D eigenvalue weighted by molar-refractivity contribution is 0.264. The maximum Gasteiger partial charge on any atom is 0.597 e. The minimum Gasteiger partial charge on any atom is -0.389 e. The van der Waals surface area contributed by atoms with Crippen molar-refractivity contribution in [2.75, 3.05) is 13.2 Å². The van der Waals surface area contributed by atoms with Gasteiger partial charge >= 0.3 is 7.25 Å². The first-order chi connectivity index (χ1) is 8.43. The Morgan fingerprint density at radius 2 is 1.83 bits per heavy atom. The summed E-state index contributed by atoms with van der Waals surface area (Å²) in [6.07, 6.45) is 6.57. The second-order valence-electron chi connectivity index (χ2n) is 6.25. The van der Waals surface area contributed by atoms with Crippen molar-refractivity contribution >= 4 is 13.3 Å². The summed E-state index contributed by atoms with van der Waals surface area (Å²) in [5.41, 5.74) is 2.85. The molecule has 0 aromatic carbocycles. The Morgan fingerprint density at radius 3 is 2.50 bits per heavy atom. The van der Waals surface area contributed by atoms with Crippen molar-refractivity contribution in [1.82, 2.24) is 4.48 Å². The Hall–Kier alpha value is -0.995. The van der Waals surface area contributed by atoms with Crippen LogP contribution in [0.3, 0.4) is 0 Å². The average Bonchev–Trinajstić information content (AvgIpc) is 2.93. The topological polar surface area (TPSA) is 23.4 Å². The van der Waals surface area contributed by atoms with Gasteiger partial charge in [0.25, 0.3) is 0 Å². The summed E-state index contributed by atoms with van der Waals surface area (Å²) in [6, 6.07) is 2.20. The van der Waals surface area contributed by atoms with Crippen molar-refractivity contribution in [3.8, 4) is 0 Å². The third-order valence-electron chi connectivity index (χ3n) is 4.73. The maximum absolute atomic E-state index is 5.59. The van der Waals surface area contributed by atoms with Crippen molar-refractivity contribution in [3.63, 3.8) is 0 Å². The standard InChI is InChI=1S/C14H20BNO2/c1-13(2)7-5-12-11(14(13,3)4)6-8-16(12)15-17-9-10-18-15/h5-8H,9-10H2,1-4H3. The van der Waals surface area contributed by atoms with E-state index in [1.165, 1.54) is 11.3 Å². The molecule has 0 bridgehead atoms. The van der Waals surface area contributed by atoms with Crippen LogP contribution < -0.4 is 0 Å². The molecule has 0 spiro atoms. The minimum absolute atomic E-state index is 0.112. The van der Waals surface area contributed by atoms with E-state index in [-0.39, 0.29) is 18.1 Å². The van der Waals surface area contributed by atoms with Crippen LogP contribution in [0, 0.1) is 5.41 Å². The zero-order valence-corrected chi connectivity index (χ0v) is 11.6. The van der Waals surface area contributed by atoms with Gasteiger partial charge in [-0.25, -0.2) is 0 Å². The molecule has 1 aromatic rings. The minimum atomic E-state index is -0.254. The predicted octanol–water partition coefficient (Wildman–Crippen LogP) is 2.70. The molecule has 1 aliphatic carbocycles. The van der Waals surface area contributed by atoms with Gasteiger partial charge in [0.1, 0.15) is 0 Å². The summed E-state index contributed by atoms with van der Waals surface area (Å²) in [6.45, 7) is 10.5. The molecule has 2 aliphatic rings. The van der Waals surface area contributed by atoms with Gasteiger partial charge in [0.2, 0.25) is 0 Å². The molecule has 0 saturated carbocycles. The van der Waals surface area contributed by atoms with E-state index in [9.17, 15) is 0 Å². The van der Waals surface area contributed by atoms with Gasteiger partial charge in [-0.2, -0.15) is 0 Å². The largest absolute Gasteiger partial charge is 0.597 e. The molecule has 4 heteroatoms. The molecular formula is C14H20BNO2. The average molecular weight is 245 g/mol. The molecule has 3 nitrogen and oxygen atoms in total. The summed E-state index contributed by atoms with van der Waals surface area (Å²) in [7, 11) is -0.254. The number of allylic oxidation sites excluding steroid dienone is 1. The number of rotatable bonds is 1. The molecule has 1 saturated heterocycles. The van der Waals surface area contributed by atoms with E-state index >= 15 is 0 Å². The van der Waals surface area contributed by atoms with Gasteiger partial charge in [0.15, 0.2) is 0 Å². The van der Waals surface area contributed by atoms with Gasteiger partial charge < -0.3 is 13.8 Å². The van der Waals surface area contributed by atoms with Crippen LogP contribution >= 0.6 is 0 Å². The Balaban J connectivity index is 2.08. The quantitative estimate of drug-likeness (QED) is 0.710. The molecule has 0 atom stereocenters. The normalized spacial score (nSPS) is 24.3. The molecule has 0 unspecified atom stereocenters. The van der Waals surface area contributed by atoms with Crippen LogP contribution in [0.15, 0.2) is 18.3 Å². The van der Waals surface area contributed by atoms with E-state index in [1.807, 2.05) is 0 Å². The van der Waals surface area contributed by atoms with Crippen molar-refractivity contribution in [1.29, 1.82) is 0 Å². The first kappa shape index (κ1) is 12.1. The van der Waals surface area contributed by atoms with E-state index in [2.05, 4.69) is 56.6 Å². The van der Waals surface area contributed by atoms with Crippen molar-refractivity contribution in [3.05, 3.63) is 29.6 Å². The molecule has 18 heavy (non-hydrogen) atoms. The smallest absolute Gasteiger partial charge is 0.389 e. The highest BCUT2D eigenvalue weighted by Gasteiger charge is 2.42. The molecule has 0 N–H and O–H groups in total. The first-order valence-corrected chi connectivity index (χ1v) is 6.57. The summed E-state index contributed by atoms with van der Waals surface area (Å²) in [5, 5.41) is 0. The van der Waals surface area contributed by atoms with Crippen LogP contribution in [0.4, 0.5) is 0 Å². The second-order valence-corrected chi connectivity index (χ2v) is 6.25. The first-order valence-electron chi connectivity index (χ1n) is 6.57. The zero-order valence-electron chi connectivity index (χ0n) is 11.6. The fourth-order valence-corrected chi connectivity index (χ4v) is 2.70. The van der Waals surface area contributed by atoms with Crippen LogP contribution in [0.1, 0.15) is 39.0 Å². The second kappa shape index (κ2) is 3.75. The SMILES string of the molecule is CC1(C)C=Cc2c(ccn2B2OCCO2)C1(C)C. The van der Waals surface area contributed by atoms with Gasteiger partial charge in [0.05, 0.1) is 13.2 Å². The van der Waals surface area contributed by atoms with E-state index in [0.29, 0.717) is 13.2 Å². The van der Waals surface area contributed by atoms with Gasteiger partial charge in [-0.1, -0.05) is 33.8 Å². The molecule has 1 aromatic heterocycles. The summed E-state index contributed by atoms with van der Waals surface area (Å²) < 4.78 is 13.3. The van der Waals surface area contributed by atoms with Crippen LogP contribution in [0.25, 0.3) is 6.08 Å². The van der Waals surface area contributed by atoms with Crippen molar-refractivity contribution in [2.45, 2.75) is 33.1 Å². The zero-order chi connectivity index (χ0) is 13.0. The van der Waals surface area contributed by atoms with Crippen molar-refractivity contribution < 1.29 is 9.31 Å². The molecular weight excluding hydrogens is 225 g/mol. The van der Waals surface area contributed by atoms with Gasteiger partial charge in [-0.15, -0.1) is 0 Å². The van der Waals surface area contributed by atoms with E-state index in [0.717, 1.165) is 0 Å². The molecule has 1 fully saturated rings. The van der Waals surface area contributed by atoms with Gasteiger partial charge in [-0.05, 0) is 29.3 Å². The van der Waals surface area contributed by atoms with Gasteiger partial charge in [-0.3, -0.25) is 0 Å². The van der Waals surface area contributed by atoms with Crippen LogP contribution in [-0.4, -0.2) is 24.9 Å². The monoisotopic (exact) mass is 245 g/mol. The lowest BCUT2D eigenvalue weighted by Gasteiger charge is -2.42. The summed E-state index contributed by atoms with van der Waals surface area (Å²) >= 11 is 0. The van der Waals surface area contributed by atoms with Crippen LogP contribution in [0.2, 0.25) is 0 Å². The summed E-state index contributed by atoms with van der Waals surface area (Å²) in [4.78, 5) is 0. The molecule has 3 rings (SSSR count). The molecule has 96 valence electrons. The van der Waals surface area contributed by atoms with E-state index < -0.39 is 0 Å². The number of aromatic nitrogens is 1. The number of hydrogen-bond acceptors (Lipinski definition) is 2. The van der Waals surface area contributed by atoms with E-state index in [1.54, 1.807) is 0 Å². The van der Waals surface area contributed by atoms with Crippen LogP contribution in [0.5, 0.6) is 0 Å². The summed E-state index contributed by atoms with van der Waals surface area (Å²) in [5.74, 6) is 0. The highest BCUT2D eigenvalue weighted by Crippen LogP contribution is 2.47. The lowest BCUT2D eigenvalue weighted by atomic mass is 9.61. The van der Waals surface area contributed by atoms with Gasteiger partial charge in [0, 0.05) is 11.1 Å². The fraction of sp³-hybridized carbons (Fsp3) is 0.571.